The molecule has 0 fully saturated rings. The number of rotatable bonds is 2. The predicted molar refractivity (Wildman–Crippen MR) is 38.2 cm³/mol. The van der Waals surface area contributed by atoms with E-state index in [4.69, 9.17) is 9.84 Å². The van der Waals surface area contributed by atoms with Gasteiger partial charge in [-0.15, -0.1) is 0 Å². The normalized spacial score (nSPS) is 23.4. The van der Waals surface area contributed by atoms with Crippen molar-refractivity contribution in [2.45, 2.75) is 6.04 Å². The second-order valence-corrected chi connectivity index (χ2v) is 2.03. The fourth-order valence-corrected chi connectivity index (χ4v) is 0.866. The summed E-state index contributed by atoms with van der Waals surface area (Å²) in [5.74, 6) is 0.769. The third-order valence-corrected chi connectivity index (χ3v) is 1.42. The zero-order valence-electron chi connectivity index (χ0n) is 5.87. The Morgan fingerprint density at radius 2 is 2.60 bits per heavy atom. The van der Waals surface area contributed by atoms with Crippen LogP contribution in [0.15, 0.2) is 24.1 Å². The molecule has 10 heavy (non-hydrogen) atoms. The molecule has 0 saturated carbocycles. The maximum Gasteiger partial charge on any atom is 0.120 e. The lowest BCUT2D eigenvalue weighted by atomic mass is 10.2. The lowest BCUT2D eigenvalue weighted by Crippen LogP contribution is -2.32. The number of aliphatic hydroxyl groups is 1. The number of methoxy groups -OCH3 is 1. The van der Waals surface area contributed by atoms with Gasteiger partial charge in [0.1, 0.15) is 11.8 Å². The van der Waals surface area contributed by atoms with Gasteiger partial charge >= 0.3 is 0 Å². The molecule has 0 aromatic rings. The highest BCUT2D eigenvalue weighted by Gasteiger charge is 2.12. The van der Waals surface area contributed by atoms with Crippen LogP contribution < -0.4 is 5.32 Å². The Hall–Kier alpha value is -0.960. The van der Waals surface area contributed by atoms with E-state index < -0.39 is 0 Å². The molecule has 1 aliphatic heterocycles. The Morgan fingerprint density at radius 1 is 1.80 bits per heavy atom. The molecule has 0 aromatic heterocycles. The average Bonchev–Trinajstić information content (AvgIpc) is 2.04. The number of nitrogens with one attached hydrogen (secondary N) is 1. The summed E-state index contributed by atoms with van der Waals surface area (Å²) >= 11 is 0. The van der Waals surface area contributed by atoms with Gasteiger partial charge in [-0.1, -0.05) is 0 Å². The molecule has 3 nitrogen and oxygen atoms in total. The molecule has 0 spiro atoms. The smallest absolute Gasteiger partial charge is 0.120 e. The van der Waals surface area contributed by atoms with Crippen LogP contribution in [-0.2, 0) is 4.74 Å². The van der Waals surface area contributed by atoms with Gasteiger partial charge < -0.3 is 15.2 Å². The van der Waals surface area contributed by atoms with E-state index in [9.17, 15) is 0 Å². The van der Waals surface area contributed by atoms with Crippen molar-refractivity contribution in [3.05, 3.63) is 24.1 Å². The van der Waals surface area contributed by atoms with Gasteiger partial charge in [0.25, 0.3) is 0 Å². The summed E-state index contributed by atoms with van der Waals surface area (Å²) in [7, 11) is 1.59. The molecular formula is C7H11NO2. The molecule has 56 valence electrons. The minimum atomic E-state index is -0.0741. The van der Waals surface area contributed by atoms with Crippen molar-refractivity contribution in [1.29, 1.82) is 0 Å². The highest BCUT2D eigenvalue weighted by atomic mass is 16.5. The minimum Gasteiger partial charge on any atom is -0.499 e. The predicted octanol–water partition coefficient (Wildman–Crippen LogP) is -0.00550. The van der Waals surface area contributed by atoms with Crippen molar-refractivity contribution in [2.75, 3.05) is 13.7 Å². The fraction of sp³-hybridized carbons (Fsp3) is 0.429. The SMILES string of the molecule is COC1=CC=CNC1CO. The van der Waals surface area contributed by atoms with E-state index in [1.165, 1.54) is 0 Å². The second kappa shape index (κ2) is 3.27. The van der Waals surface area contributed by atoms with Crippen molar-refractivity contribution in [3.63, 3.8) is 0 Å². The zero-order chi connectivity index (χ0) is 7.40. The molecule has 2 N–H and O–H groups in total. The van der Waals surface area contributed by atoms with E-state index in [2.05, 4.69) is 5.32 Å². The van der Waals surface area contributed by atoms with Crippen LogP contribution in [-0.4, -0.2) is 24.9 Å². The molecule has 1 aliphatic rings. The van der Waals surface area contributed by atoms with Gasteiger partial charge in [0.05, 0.1) is 13.7 Å². The highest BCUT2D eigenvalue weighted by molar-refractivity contribution is 5.17. The van der Waals surface area contributed by atoms with Crippen LogP contribution in [0.2, 0.25) is 0 Å². The number of ether oxygens (including phenoxy) is 1. The second-order valence-electron chi connectivity index (χ2n) is 2.03. The van der Waals surface area contributed by atoms with Gasteiger partial charge in [0.15, 0.2) is 0 Å². The molecule has 0 radical (unpaired) electrons. The Balaban J connectivity index is 2.61. The average molecular weight is 141 g/mol. The molecule has 1 atom stereocenters. The van der Waals surface area contributed by atoms with Crippen LogP contribution in [0.4, 0.5) is 0 Å². The lowest BCUT2D eigenvalue weighted by molar-refractivity contribution is 0.197. The summed E-state index contributed by atoms with van der Waals surface area (Å²) in [6, 6.07) is -0.0741. The first-order valence-electron chi connectivity index (χ1n) is 3.16. The summed E-state index contributed by atoms with van der Waals surface area (Å²) in [5, 5.41) is 11.7. The van der Waals surface area contributed by atoms with Gasteiger partial charge in [-0.05, 0) is 18.4 Å². The molecule has 0 amide bonds. The molecule has 3 heteroatoms. The van der Waals surface area contributed by atoms with Crippen LogP contribution >= 0.6 is 0 Å². The molecular weight excluding hydrogens is 130 g/mol. The van der Waals surface area contributed by atoms with Crippen LogP contribution in [0.3, 0.4) is 0 Å². The van der Waals surface area contributed by atoms with E-state index in [1.807, 2.05) is 12.2 Å². The van der Waals surface area contributed by atoms with Crippen LogP contribution in [0.5, 0.6) is 0 Å². The zero-order valence-corrected chi connectivity index (χ0v) is 5.87. The maximum atomic E-state index is 8.78. The van der Waals surface area contributed by atoms with Gasteiger partial charge in [-0.25, -0.2) is 0 Å². The number of hydrogen-bond donors (Lipinski definition) is 2. The fourth-order valence-electron chi connectivity index (χ4n) is 0.866. The molecule has 1 rings (SSSR count). The Morgan fingerprint density at radius 3 is 3.10 bits per heavy atom. The summed E-state index contributed by atoms with van der Waals surface area (Å²) < 4.78 is 4.98. The van der Waals surface area contributed by atoms with Crippen LogP contribution in [0.1, 0.15) is 0 Å². The monoisotopic (exact) mass is 141 g/mol. The van der Waals surface area contributed by atoms with Crippen molar-refractivity contribution < 1.29 is 9.84 Å². The Kier molecular flexibility index (Phi) is 2.34. The maximum absolute atomic E-state index is 8.78. The quantitative estimate of drug-likeness (QED) is 0.568. The van der Waals surface area contributed by atoms with Gasteiger partial charge in [-0.3, -0.25) is 0 Å². The van der Waals surface area contributed by atoms with Crippen molar-refractivity contribution >= 4 is 0 Å². The number of hydrogen-bond acceptors (Lipinski definition) is 3. The van der Waals surface area contributed by atoms with E-state index in [0.29, 0.717) is 0 Å². The first-order chi connectivity index (χ1) is 4.88. The molecule has 0 aliphatic carbocycles. The first-order valence-corrected chi connectivity index (χ1v) is 3.16. The lowest BCUT2D eigenvalue weighted by Gasteiger charge is -2.19. The molecule has 0 saturated heterocycles. The highest BCUT2D eigenvalue weighted by Crippen LogP contribution is 2.06. The van der Waals surface area contributed by atoms with Crippen molar-refractivity contribution in [3.8, 4) is 0 Å². The summed E-state index contributed by atoms with van der Waals surface area (Å²) in [5.41, 5.74) is 0. The molecule has 0 bridgehead atoms. The van der Waals surface area contributed by atoms with Gasteiger partial charge in [0, 0.05) is 0 Å². The number of allylic oxidation sites excluding steroid dienone is 2. The van der Waals surface area contributed by atoms with Crippen molar-refractivity contribution in [2.24, 2.45) is 0 Å². The van der Waals surface area contributed by atoms with Crippen LogP contribution in [0.25, 0.3) is 0 Å². The van der Waals surface area contributed by atoms with E-state index in [-0.39, 0.29) is 12.6 Å². The summed E-state index contributed by atoms with van der Waals surface area (Å²) in [4.78, 5) is 0. The third kappa shape index (κ3) is 1.30. The summed E-state index contributed by atoms with van der Waals surface area (Å²) in [6.45, 7) is 0.0595. The standard InChI is InChI=1S/C7H11NO2/c1-10-7-3-2-4-8-6(7)5-9/h2-4,6,8-9H,5H2,1H3. The van der Waals surface area contributed by atoms with E-state index in [1.54, 1.807) is 13.3 Å². The first kappa shape index (κ1) is 7.15. The Labute approximate surface area is 60.0 Å². The third-order valence-electron chi connectivity index (χ3n) is 1.42. The minimum absolute atomic E-state index is 0.0595. The van der Waals surface area contributed by atoms with Crippen LogP contribution in [0, 0.1) is 0 Å². The van der Waals surface area contributed by atoms with E-state index in [0.717, 1.165) is 5.76 Å². The van der Waals surface area contributed by atoms with Crippen molar-refractivity contribution in [1.82, 2.24) is 5.32 Å². The number of aliphatic hydroxyl groups excluding tert-OH is 1. The molecule has 1 unspecified atom stereocenters. The van der Waals surface area contributed by atoms with Gasteiger partial charge in [-0.2, -0.15) is 0 Å². The molecule has 1 heterocycles. The number of dihydropyridines is 1. The molecule has 0 aromatic carbocycles. The topological polar surface area (TPSA) is 41.5 Å². The van der Waals surface area contributed by atoms with Gasteiger partial charge in [0.2, 0.25) is 0 Å². The summed E-state index contributed by atoms with van der Waals surface area (Å²) in [6.07, 6.45) is 5.45. The van der Waals surface area contributed by atoms with E-state index >= 15 is 0 Å². The Bertz CT molecular complexity index is 163. The largest absolute Gasteiger partial charge is 0.499 e.